The van der Waals surface area contributed by atoms with E-state index >= 15 is 0 Å². The zero-order valence-corrected chi connectivity index (χ0v) is 25.1. The molecule has 4 nitrogen and oxygen atoms in total. The summed E-state index contributed by atoms with van der Waals surface area (Å²) in [5, 5.41) is 10.9. The summed E-state index contributed by atoms with van der Waals surface area (Å²) in [5.41, 5.74) is 8.67. The number of phenols is 1. The Morgan fingerprint density at radius 1 is 0.634 bits per heavy atom. The quantitative estimate of drug-likeness (QED) is 0.240. The van der Waals surface area contributed by atoms with Crippen molar-refractivity contribution in [2.24, 2.45) is 0 Å². The van der Waals surface area contributed by atoms with Gasteiger partial charge in [-0.15, -0.1) is 0 Å². The number of aromatic nitrogens is 2. The molecular formula is C37H39N3O. The van der Waals surface area contributed by atoms with Crippen molar-refractivity contribution in [3.8, 4) is 28.3 Å². The number of nitrogens with zero attached hydrogens (tertiary/aromatic N) is 3. The van der Waals surface area contributed by atoms with Gasteiger partial charge in [0.05, 0.1) is 11.4 Å². The van der Waals surface area contributed by atoms with Gasteiger partial charge in [-0.2, -0.15) is 0 Å². The minimum atomic E-state index is -0.0415. The molecule has 0 bridgehead atoms. The van der Waals surface area contributed by atoms with Gasteiger partial charge < -0.3 is 5.11 Å². The summed E-state index contributed by atoms with van der Waals surface area (Å²) in [6, 6.07) is 33.0. The molecule has 41 heavy (non-hydrogen) atoms. The fraction of sp³-hybridized carbons (Fsp3) is 0.243. The standard InChI is InChI=1S/C37H39N3O/c1-25-13-10-16-31(35(25)41)26-14-11-15-29(21-26)40(34-19-12-18-33(39-34)32-17-8-9-20-38-32)30-23-27(36(2,3)4)22-28(24-30)37(5,6)7/h8-24,41H,1-7H3. The Labute approximate surface area is 244 Å². The largest absolute Gasteiger partial charge is 0.507 e. The average molecular weight is 542 g/mol. The summed E-state index contributed by atoms with van der Waals surface area (Å²) in [7, 11) is 0. The van der Waals surface area contributed by atoms with Crippen LogP contribution in [0.2, 0.25) is 0 Å². The summed E-state index contributed by atoms with van der Waals surface area (Å²) in [4.78, 5) is 11.9. The fourth-order valence-electron chi connectivity index (χ4n) is 4.93. The Hall–Kier alpha value is -4.44. The van der Waals surface area contributed by atoms with Gasteiger partial charge in [0.1, 0.15) is 11.6 Å². The minimum Gasteiger partial charge on any atom is -0.507 e. The number of para-hydroxylation sites is 1. The predicted octanol–water partition coefficient (Wildman–Crippen LogP) is 9.89. The Bertz CT molecular complexity index is 1650. The van der Waals surface area contributed by atoms with E-state index in [0.29, 0.717) is 5.75 Å². The molecule has 2 aromatic heterocycles. The number of phenolic OH excluding ortho intramolecular Hbond substituents is 1. The Balaban J connectivity index is 1.76. The third-order valence-corrected chi connectivity index (χ3v) is 7.45. The van der Waals surface area contributed by atoms with E-state index in [2.05, 4.69) is 81.8 Å². The van der Waals surface area contributed by atoms with Crippen LogP contribution >= 0.6 is 0 Å². The zero-order valence-electron chi connectivity index (χ0n) is 25.1. The van der Waals surface area contributed by atoms with E-state index in [-0.39, 0.29) is 10.8 Å². The molecular weight excluding hydrogens is 502 g/mol. The molecule has 0 unspecified atom stereocenters. The predicted molar refractivity (Wildman–Crippen MR) is 171 cm³/mol. The van der Waals surface area contributed by atoms with Crippen LogP contribution < -0.4 is 4.90 Å². The minimum absolute atomic E-state index is 0.0415. The highest BCUT2D eigenvalue weighted by Gasteiger charge is 2.24. The second kappa shape index (κ2) is 10.9. The molecule has 0 fully saturated rings. The van der Waals surface area contributed by atoms with Gasteiger partial charge in [-0.25, -0.2) is 4.98 Å². The van der Waals surface area contributed by atoms with Crippen molar-refractivity contribution < 1.29 is 5.11 Å². The fourth-order valence-corrected chi connectivity index (χ4v) is 4.93. The maximum atomic E-state index is 10.9. The molecule has 0 atom stereocenters. The van der Waals surface area contributed by atoms with E-state index in [1.807, 2.05) is 73.7 Å². The Morgan fingerprint density at radius 3 is 1.95 bits per heavy atom. The van der Waals surface area contributed by atoms with E-state index in [9.17, 15) is 5.11 Å². The third-order valence-electron chi connectivity index (χ3n) is 7.45. The monoisotopic (exact) mass is 541 g/mol. The maximum Gasteiger partial charge on any atom is 0.138 e. The molecule has 2 heterocycles. The van der Waals surface area contributed by atoms with Crippen molar-refractivity contribution in [1.82, 2.24) is 9.97 Å². The van der Waals surface area contributed by atoms with Gasteiger partial charge in [-0.3, -0.25) is 9.88 Å². The first kappa shape index (κ1) is 28.1. The summed E-state index contributed by atoms with van der Waals surface area (Å²) in [6.45, 7) is 15.4. The molecule has 208 valence electrons. The molecule has 0 saturated carbocycles. The second-order valence-electron chi connectivity index (χ2n) is 12.7. The van der Waals surface area contributed by atoms with Gasteiger partial charge >= 0.3 is 0 Å². The van der Waals surface area contributed by atoms with Gasteiger partial charge in [0, 0.05) is 23.1 Å². The first-order chi connectivity index (χ1) is 19.4. The highest BCUT2D eigenvalue weighted by molar-refractivity contribution is 5.81. The Kier molecular flexibility index (Phi) is 7.44. The molecule has 5 rings (SSSR count). The van der Waals surface area contributed by atoms with Crippen LogP contribution in [0.25, 0.3) is 22.5 Å². The number of hydrogen-bond donors (Lipinski definition) is 1. The van der Waals surface area contributed by atoms with Gasteiger partial charge in [-0.1, -0.05) is 90.1 Å². The smallest absolute Gasteiger partial charge is 0.138 e. The van der Waals surface area contributed by atoms with E-state index in [1.54, 1.807) is 6.20 Å². The van der Waals surface area contributed by atoms with Gasteiger partial charge in [0.25, 0.3) is 0 Å². The van der Waals surface area contributed by atoms with E-state index in [1.165, 1.54) is 11.1 Å². The summed E-state index contributed by atoms with van der Waals surface area (Å²) >= 11 is 0. The molecule has 5 aromatic rings. The molecule has 0 aliphatic carbocycles. The van der Waals surface area contributed by atoms with Crippen molar-refractivity contribution in [3.05, 3.63) is 120 Å². The van der Waals surface area contributed by atoms with Crippen molar-refractivity contribution in [1.29, 1.82) is 0 Å². The van der Waals surface area contributed by atoms with Crippen LogP contribution in [0.1, 0.15) is 58.2 Å². The molecule has 0 radical (unpaired) electrons. The van der Waals surface area contributed by atoms with E-state index in [4.69, 9.17) is 4.98 Å². The van der Waals surface area contributed by atoms with Crippen LogP contribution in [-0.4, -0.2) is 15.1 Å². The van der Waals surface area contributed by atoms with Gasteiger partial charge in [-0.05, 0) is 88.5 Å². The summed E-state index contributed by atoms with van der Waals surface area (Å²) in [6.07, 6.45) is 1.79. The molecule has 0 aliphatic heterocycles. The van der Waals surface area contributed by atoms with Crippen LogP contribution in [0.15, 0.2) is 103 Å². The van der Waals surface area contributed by atoms with Crippen LogP contribution in [0.3, 0.4) is 0 Å². The van der Waals surface area contributed by atoms with Crippen molar-refractivity contribution in [2.75, 3.05) is 4.90 Å². The van der Waals surface area contributed by atoms with Crippen molar-refractivity contribution in [2.45, 2.75) is 59.3 Å². The number of aryl methyl sites for hydroxylation is 1. The normalized spacial score (nSPS) is 11.9. The van der Waals surface area contributed by atoms with Crippen molar-refractivity contribution in [3.63, 3.8) is 0 Å². The first-order valence-corrected chi connectivity index (χ1v) is 14.2. The van der Waals surface area contributed by atoms with E-state index in [0.717, 1.165) is 45.3 Å². The summed E-state index contributed by atoms with van der Waals surface area (Å²) in [5.74, 6) is 1.10. The molecule has 0 aliphatic rings. The summed E-state index contributed by atoms with van der Waals surface area (Å²) < 4.78 is 0. The number of anilines is 3. The number of rotatable bonds is 5. The SMILES string of the molecule is Cc1cccc(-c2cccc(N(c3cc(C(C)(C)C)cc(C(C)(C)C)c3)c3cccc(-c4ccccn4)n3)c2)c1O. The van der Waals surface area contributed by atoms with E-state index < -0.39 is 0 Å². The highest BCUT2D eigenvalue weighted by Crippen LogP contribution is 2.41. The maximum absolute atomic E-state index is 10.9. The zero-order chi connectivity index (χ0) is 29.4. The van der Waals surface area contributed by atoms with Crippen LogP contribution in [0.5, 0.6) is 5.75 Å². The lowest BCUT2D eigenvalue weighted by atomic mass is 9.80. The Morgan fingerprint density at radius 2 is 1.29 bits per heavy atom. The lowest BCUT2D eigenvalue weighted by Crippen LogP contribution is -2.19. The molecule has 1 N–H and O–H groups in total. The van der Waals surface area contributed by atoms with Crippen molar-refractivity contribution >= 4 is 17.2 Å². The first-order valence-electron chi connectivity index (χ1n) is 14.2. The number of aromatic hydroxyl groups is 1. The number of hydrogen-bond acceptors (Lipinski definition) is 4. The van der Waals surface area contributed by atoms with Gasteiger partial charge in [0.2, 0.25) is 0 Å². The second-order valence-corrected chi connectivity index (χ2v) is 12.7. The topological polar surface area (TPSA) is 49.2 Å². The molecule has 0 saturated heterocycles. The third kappa shape index (κ3) is 6.02. The van der Waals surface area contributed by atoms with Crippen LogP contribution in [-0.2, 0) is 10.8 Å². The lowest BCUT2D eigenvalue weighted by molar-refractivity contribution is 0.473. The average Bonchev–Trinajstić information content (AvgIpc) is 2.94. The molecule has 0 spiro atoms. The highest BCUT2D eigenvalue weighted by atomic mass is 16.3. The molecule has 0 amide bonds. The molecule has 4 heteroatoms. The lowest BCUT2D eigenvalue weighted by Gasteiger charge is -2.31. The number of pyridine rings is 2. The van der Waals surface area contributed by atoms with Crippen LogP contribution in [0, 0.1) is 6.92 Å². The molecule has 3 aromatic carbocycles. The number of benzene rings is 3. The van der Waals surface area contributed by atoms with Crippen LogP contribution in [0.4, 0.5) is 17.2 Å². The van der Waals surface area contributed by atoms with Gasteiger partial charge in [0.15, 0.2) is 0 Å².